The smallest absolute Gasteiger partial charge is 0.225 e. The lowest BCUT2D eigenvalue weighted by Crippen LogP contribution is -2.62. The number of unbranched alkanes of at least 4 members (excludes halogenated alkanes) is 1. The van der Waals surface area contributed by atoms with E-state index in [9.17, 15) is 0 Å². The molecule has 0 aliphatic carbocycles. The predicted molar refractivity (Wildman–Crippen MR) is 71.6 cm³/mol. The summed E-state index contributed by atoms with van der Waals surface area (Å²) in [6.07, 6.45) is 7.32. The van der Waals surface area contributed by atoms with Crippen LogP contribution in [-0.4, -0.2) is 29.0 Å². The van der Waals surface area contributed by atoms with Gasteiger partial charge in [0.15, 0.2) is 0 Å². The van der Waals surface area contributed by atoms with Gasteiger partial charge in [-0.1, -0.05) is 17.3 Å². The molecule has 0 radical (unpaired) electrons. The van der Waals surface area contributed by atoms with Gasteiger partial charge in [0.1, 0.15) is 5.84 Å². The van der Waals surface area contributed by atoms with Crippen molar-refractivity contribution in [3.8, 4) is 0 Å². The summed E-state index contributed by atoms with van der Waals surface area (Å²) in [5.41, 5.74) is 5.14. The van der Waals surface area contributed by atoms with Gasteiger partial charge in [0.25, 0.3) is 0 Å². The molecule has 0 saturated carbocycles. The van der Waals surface area contributed by atoms with Crippen molar-refractivity contribution in [2.45, 2.75) is 58.2 Å². The fourth-order valence-electron chi connectivity index (χ4n) is 1.82. The molecular weight excluding hydrogens is 214 g/mol. The molecule has 2 N–H and O–H groups in total. The molecule has 1 rings (SSSR count). The Morgan fingerprint density at radius 2 is 2.18 bits per heavy atom. The van der Waals surface area contributed by atoms with E-state index < -0.39 is 11.3 Å². The molecule has 0 spiro atoms. The summed E-state index contributed by atoms with van der Waals surface area (Å²) in [6.45, 7) is 7.94. The number of hydrogen-bond acceptors (Lipinski definition) is 4. The summed E-state index contributed by atoms with van der Waals surface area (Å²) in [7, 11) is 2.00. The summed E-state index contributed by atoms with van der Waals surface area (Å²) < 4.78 is 0. The minimum absolute atomic E-state index is 0.462. The van der Waals surface area contributed by atoms with E-state index in [1.54, 1.807) is 0 Å². The second-order valence-electron chi connectivity index (χ2n) is 5.32. The highest BCUT2D eigenvalue weighted by Gasteiger charge is 2.49. The van der Waals surface area contributed by atoms with Crippen LogP contribution in [0.1, 0.15) is 47.0 Å². The lowest BCUT2D eigenvalue weighted by atomic mass is 9.91. The Hall–Kier alpha value is -1.03. The zero-order chi connectivity index (χ0) is 13.1. The molecule has 1 aliphatic rings. The quantitative estimate of drug-likeness (QED) is 0.592. The van der Waals surface area contributed by atoms with Crippen molar-refractivity contribution >= 4 is 5.84 Å². The normalized spacial score (nSPS) is 25.3. The number of amidine groups is 1. The first kappa shape index (κ1) is 14.0. The van der Waals surface area contributed by atoms with Crippen LogP contribution >= 0.6 is 0 Å². The van der Waals surface area contributed by atoms with Gasteiger partial charge in [-0.25, -0.2) is 0 Å². The van der Waals surface area contributed by atoms with E-state index in [0.29, 0.717) is 0 Å². The Bertz CT molecular complexity index is 317. The fraction of sp³-hybridized carbons (Fsp3) is 0.769. The van der Waals surface area contributed by atoms with Crippen LogP contribution in [0, 0.1) is 0 Å². The third-order valence-electron chi connectivity index (χ3n) is 3.56. The third kappa shape index (κ3) is 2.80. The van der Waals surface area contributed by atoms with Crippen LogP contribution < -0.4 is 5.73 Å². The summed E-state index contributed by atoms with van der Waals surface area (Å²) in [5, 5.41) is 4.17. The number of likely N-dealkylation sites (N-methyl/N-ethyl adjacent to an activating group) is 1. The van der Waals surface area contributed by atoms with Crippen LogP contribution in [-0.2, 0) is 4.84 Å². The van der Waals surface area contributed by atoms with Crippen LogP contribution in [0.3, 0.4) is 0 Å². The monoisotopic (exact) mass is 239 g/mol. The Morgan fingerprint density at radius 3 is 2.65 bits per heavy atom. The number of oxime groups is 1. The van der Waals surface area contributed by atoms with Crippen LogP contribution in [0.5, 0.6) is 0 Å². The highest BCUT2D eigenvalue weighted by Crippen LogP contribution is 2.32. The van der Waals surface area contributed by atoms with E-state index >= 15 is 0 Å². The first-order valence-electron chi connectivity index (χ1n) is 6.22. The number of hydrogen-bond donors (Lipinski definition) is 1. The first-order chi connectivity index (χ1) is 7.83. The highest BCUT2D eigenvalue weighted by atomic mass is 16.7. The maximum atomic E-state index is 6.15. The van der Waals surface area contributed by atoms with E-state index in [1.165, 1.54) is 0 Å². The van der Waals surface area contributed by atoms with Gasteiger partial charge in [0.05, 0.1) is 5.54 Å². The molecule has 0 aromatic heterocycles. The van der Waals surface area contributed by atoms with Crippen LogP contribution in [0.2, 0.25) is 0 Å². The second kappa shape index (κ2) is 5.08. The lowest BCUT2D eigenvalue weighted by Gasteiger charge is -2.41. The van der Waals surface area contributed by atoms with E-state index in [1.807, 2.05) is 34.7 Å². The van der Waals surface area contributed by atoms with Gasteiger partial charge in [-0.15, -0.1) is 0 Å². The van der Waals surface area contributed by atoms with Gasteiger partial charge in [-0.2, -0.15) is 0 Å². The van der Waals surface area contributed by atoms with Gasteiger partial charge < -0.3 is 15.5 Å². The van der Waals surface area contributed by atoms with Gasteiger partial charge in [0, 0.05) is 13.5 Å². The molecular formula is C13H25N3O. The van der Waals surface area contributed by atoms with E-state index in [0.717, 1.165) is 25.1 Å². The number of rotatable bonds is 5. The Labute approximate surface area is 104 Å². The van der Waals surface area contributed by atoms with E-state index in [4.69, 9.17) is 10.6 Å². The van der Waals surface area contributed by atoms with Gasteiger partial charge in [-0.05, 0) is 40.5 Å². The molecule has 17 heavy (non-hydrogen) atoms. The summed E-state index contributed by atoms with van der Waals surface area (Å²) >= 11 is 0. The Balaban J connectivity index is 2.57. The van der Waals surface area contributed by atoms with Crippen molar-refractivity contribution in [2.75, 3.05) is 7.05 Å². The molecule has 98 valence electrons. The number of allylic oxidation sites excluding steroid dienone is 2. The van der Waals surface area contributed by atoms with Crippen LogP contribution in [0.4, 0.5) is 0 Å². The largest absolute Gasteiger partial charge is 0.364 e. The van der Waals surface area contributed by atoms with Crippen molar-refractivity contribution in [2.24, 2.45) is 10.9 Å². The average Bonchev–Trinajstić information content (AvgIpc) is 2.52. The van der Waals surface area contributed by atoms with E-state index in [2.05, 4.69) is 22.2 Å². The SMILES string of the molecule is C/C=C\CCCC1=NO[C@@](C)(C(C)(C)N)N1C. The molecule has 1 atom stereocenters. The maximum absolute atomic E-state index is 6.15. The number of nitrogens with zero attached hydrogens (tertiary/aromatic N) is 2. The minimum atomic E-state index is -0.553. The zero-order valence-electron chi connectivity index (χ0n) is 11.7. The molecule has 0 amide bonds. The molecule has 0 aromatic carbocycles. The summed E-state index contributed by atoms with van der Waals surface area (Å²) in [6, 6.07) is 0. The average molecular weight is 239 g/mol. The van der Waals surface area contributed by atoms with Crippen LogP contribution in [0.15, 0.2) is 17.3 Å². The molecule has 0 fully saturated rings. The van der Waals surface area contributed by atoms with E-state index in [-0.39, 0.29) is 0 Å². The lowest BCUT2D eigenvalue weighted by molar-refractivity contribution is -0.119. The molecule has 1 aliphatic heterocycles. The minimum Gasteiger partial charge on any atom is -0.364 e. The second-order valence-corrected chi connectivity index (χ2v) is 5.32. The molecule has 0 aromatic rings. The highest BCUT2D eigenvalue weighted by molar-refractivity contribution is 5.83. The molecule has 0 bridgehead atoms. The predicted octanol–water partition coefficient (Wildman–Crippen LogP) is 2.46. The molecule has 0 unspecified atom stereocenters. The zero-order valence-corrected chi connectivity index (χ0v) is 11.7. The Kier molecular flexibility index (Phi) is 4.20. The summed E-state index contributed by atoms with van der Waals surface area (Å²) in [4.78, 5) is 7.62. The molecule has 0 saturated heterocycles. The van der Waals surface area contributed by atoms with Gasteiger partial charge in [-0.3, -0.25) is 0 Å². The first-order valence-corrected chi connectivity index (χ1v) is 6.22. The topological polar surface area (TPSA) is 50.9 Å². The molecule has 4 heteroatoms. The Morgan fingerprint density at radius 1 is 1.53 bits per heavy atom. The van der Waals surface area contributed by atoms with Crippen molar-refractivity contribution in [3.63, 3.8) is 0 Å². The van der Waals surface area contributed by atoms with Crippen molar-refractivity contribution in [1.29, 1.82) is 0 Å². The van der Waals surface area contributed by atoms with Gasteiger partial charge >= 0.3 is 0 Å². The third-order valence-corrected chi connectivity index (χ3v) is 3.56. The fourth-order valence-corrected chi connectivity index (χ4v) is 1.82. The standard InChI is InChI=1S/C13H25N3O/c1-6-7-8-9-10-11-15-17-13(4,16(11)5)12(2,3)14/h6-7H,8-10,14H2,1-5H3/b7-6-/t13-/m0/s1. The molecule has 1 heterocycles. The van der Waals surface area contributed by atoms with Crippen molar-refractivity contribution in [1.82, 2.24) is 4.90 Å². The van der Waals surface area contributed by atoms with Crippen LogP contribution in [0.25, 0.3) is 0 Å². The molecule has 4 nitrogen and oxygen atoms in total. The maximum Gasteiger partial charge on any atom is 0.225 e. The summed E-state index contributed by atoms with van der Waals surface area (Å²) in [5.74, 6) is 0.982. The van der Waals surface area contributed by atoms with Gasteiger partial charge in [0.2, 0.25) is 5.72 Å². The van der Waals surface area contributed by atoms with Crippen molar-refractivity contribution in [3.05, 3.63) is 12.2 Å². The number of nitrogens with two attached hydrogens (primary N) is 1. The van der Waals surface area contributed by atoms with Crippen molar-refractivity contribution < 1.29 is 4.84 Å².